The number of rotatable bonds is 3. The van der Waals surface area contributed by atoms with Crippen LogP contribution < -0.4 is 10.6 Å². The summed E-state index contributed by atoms with van der Waals surface area (Å²) in [6, 6.07) is 20.5. The molecule has 3 heterocycles. The zero-order valence-corrected chi connectivity index (χ0v) is 17.5. The van der Waals surface area contributed by atoms with Gasteiger partial charge < -0.3 is 10.6 Å². The maximum atomic E-state index is 9.20. The average Bonchev–Trinajstić information content (AvgIpc) is 3.20. The second kappa shape index (κ2) is 7.86. The van der Waals surface area contributed by atoms with Crippen molar-refractivity contribution in [1.82, 2.24) is 14.8 Å². The van der Waals surface area contributed by atoms with E-state index in [0.717, 1.165) is 59.6 Å². The maximum absolute atomic E-state index is 9.20. The second-order valence-corrected chi connectivity index (χ2v) is 8.14. The molecular formula is C25H24N6. The molecule has 2 N–H and O–H groups in total. The minimum atomic E-state index is 0.259. The highest BCUT2D eigenvalue weighted by atomic mass is 15.3. The first-order valence-electron chi connectivity index (χ1n) is 10.6. The van der Waals surface area contributed by atoms with E-state index in [1.807, 2.05) is 41.2 Å². The van der Waals surface area contributed by atoms with Gasteiger partial charge in [-0.15, -0.1) is 0 Å². The number of nitriles is 1. The van der Waals surface area contributed by atoms with E-state index in [2.05, 4.69) is 42.2 Å². The molecule has 0 amide bonds. The van der Waals surface area contributed by atoms with Crippen molar-refractivity contribution < 1.29 is 0 Å². The third kappa shape index (κ3) is 3.54. The summed E-state index contributed by atoms with van der Waals surface area (Å²) in [5.41, 5.74) is 11.9. The Hall–Kier alpha value is -3.69. The number of aromatic nitrogens is 3. The first-order valence-corrected chi connectivity index (χ1v) is 10.6. The van der Waals surface area contributed by atoms with Gasteiger partial charge in [-0.1, -0.05) is 29.8 Å². The van der Waals surface area contributed by atoms with Crippen molar-refractivity contribution in [3.63, 3.8) is 0 Å². The lowest BCUT2D eigenvalue weighted by molar-refractivity contribution is 0.499. The van der Waals surface area contributed by atoms with Crippen molar-refractivity contribution in [3.8, 4) is 23.0 Å². The van der Waals surface area contributed by atoms with Gasteiger partial charge in [-0.2, -0.15) is 10.4 Å². The van der Waals surface area contributed by atoms with E-state index < -0.39 is 0 Å². The van der Waals surface area contributed by atoms with Crippen LogP contribution in [0.15, 0.2) is 60.8 Å². The summed E-state index contributed by atoms with van der Waals surface area (Å²) in [5.74, 6) is 0.908. The molecule has 0 aliphatic carbocycles. The molecule has 0 bridgehead atoms. The fraction of sp³-hybridized carbons (Fsp3) is 0.240. The molecule has 1 saturated heterocycles. The van der Waals surface area contributed by atoms with Crippen LogP contribution in [-0.4, -0.2) is 33.9 Å². The molecule has 1 aliphatic rings. The molecule has 1 aliphatic heterocycles. The van der Waals surface area contributed by atoms with Crippen molar-refractivity contribution in [2.45, 2.75) is 25.8 Å². The van der Waals surface area contributed by atoms with Gasteiger partial charge in [0.05, 0.1) is 23.0 Å². The summed E-state index contributed by atoms with van der Waals surface area (Å²) >= 11 is 0. The highest BCUT2D eigenvalue weighted by Crippen LogP contribution is 2.35. The second-order valence-electron chi connectivity index (χ2n) is 8.14. The lowest BCUT2D eigenvalue weighted by Crippen LogP contribution is -2.40. The molecule has 154 valence electrons. The summed E-state index contributed by atoms with van der Waals surface area (Å²) in [4.78, 5) is 7.00. The Balaban J connectivity index is 1.72. The van der Waals surface area contributed by atoms with Gasteiger partial charge in [0.1, 0.15) is 5.52 Å². The molecule has 5 rings (SSSR count). The highest BCUT2D eigenvalue weighted by molar-refractivity contribution is 5.99. The third-order valence-electron chi connectivity index (χ3n) is 5.98. The van der Waals surface area contributed by atoms with Crippen LogP contribution in [0.5, 0.6) is 0 Å². The average molecular weight is 409 g/mol. The molecule has 0 spiro atoms. The Labute approximate surface area is 181 Å². The van der Waals surface area contributed by atoms with Crippen molar-refractivity contribution in [3.05, 3.63) is 71.9 Å². The molecule has 2 aromatic heterocycles. The molecule has 0 unspecified atom stereocenters. The predicted octanol–water partition coefficient (Wildman–Crippen LogP) is 4.20. The summed E-state index contributed by atoms with van der Waals surface area (Å²) < 4.78 is 1.99. The van der Waals surface area contributed by atoms with Gasteiger partial charge in [0, 0.05) is 36.3 Å². The molecule has 4 aromatic rings. The highest BCUT2D eigenvalue weighted by Gasteiger charge is 2.23. The number of hydrogen-bond donors (Lipinski definition) is 1. The summed E-state index contributed by atoms with van der Waals surface area (Å²) in [6.07, 6.45) is 3.78. The minimum absolute atomic E-state index is 0.259. The number of aryl methyl sites for hydroxylation is 1. The third-order valence-corrected chi connectivity index (χ3v) is 5.98. The van der Waals surface area contributed by atoms with Gasteiger partial charge in [-0.05, 0) is 50.1 Å². The maximum Gasteiger partial charge on any atom is 0.157 e. The van der Waals surface area contributed by atoms with Gasteiger partial charge in [-0.25, -0.2) is 9.67 Å². The van der Waals surface area contributed by atoms with E-state index in [1.165, 1.54) is 5.56 Å². The van der Waals surface area contributed by atoms with Crippen molar-refractivity contribution in [2.75, 3.05) is 18.0 Å². The van der Waals surface area contributed by atoms with Gasteiger partial charge in [0.15, 0.2) is 5.82 Å². The van der Waals surface area contributed by atoms with E-state index >= 15 is 0 Å². The Morgan fingerprint density at radius 2 is 1.71 bits per heavy atom. The van der Waals surface area contributed by atoms with Crippen LogP contribution in [0.25, 0.3) is 27.8 Å². The summed E-state index contributed by atoms with van der Waals surface area (Å²) in [5, 5.41) is 15.3. The number of anilines is 1. The lowest BCUT2D eigenvalue weighted by Gasteiger charge is -2.31. The van der Waals surface area contributed by atoms with Crippen LogP contribution in [0, 0.1) is 18.3 Å². The van der Waals surface area contributed by atoms with Gasteiger partial charge in [-0.3, -0.25) is 0 Å². The van der Waals surface area contributed by atoms with Crippen LogP contribution in [0.4, 0.5) is 5.82 Å². The number of benzene rings is 2. The molecule has 1 fully saturated rings. The number of hydrogen-bond acceptors (Lipinski definition) is 5. The van der Waals surface area contributed by atoms with E-state index in [1.54, 1.807) is 0 Å². The SMILES string of the molecule is Cc1ccc(-n2nc3c(N4CCC(N)CC4)nccc3c2-c2ccc(C#N)cc2)cc1. The molecule has 0 radical (unpaired) electrons. The zero-order chi connectivity index (χ0) is 21.4. The number of fused-ring (bicyclic) bond motifs is 1. The normalized spacial score (nSPS) is 14.7. The lowest BCUT2D eigenvalue weighted by atomic mass is 10.0. The Kier molecular flexibility index (Phi) is 4.89. The van der Waals surface area contributed by atoms with Crippen LogP contribution in [0.2, 0.25) is 0 Å². The first kappa shape index (κ1) is 19.3. The standard InChI is InChI=1S/C25H24N6/c1-17-2-8-21(9-3-17)31-24(19-6-4-18(16-26)5-7-19)22-10-13-28-25(23(22)29-31)30-14-11-20(27)12-15-30/h2-10,13,20H,11-12,14-15,27H2,1H3. The van der Waals surface area contributed by atoms with Gasteiger partial charge >= 0.3 is 0 Å². The number of piperidine rings is 1. The van der Waals surface area contributed by atoms with E-state index in [-0.39, 0.29) is 6.04 Å². The topological polar surface area (TPSA) is 83.8 Å². The van der Waals surface area contributed by atoms with Gasteiger partial charge in [0.2, 0.25) is 0 Å². The Bertz CT molecular complexity index is 1260. The zero-order valence-electron chi connectivity index (χ0n) is 17.5. The molecule has 6 nitrogen and oxygen atoms in total. The first-order chi connectivity index (χ1) is 15.1. The quantitative estimate of drug-likeness (QED) is 0.549. The van der Waals surface area contributed by atoms with Crippen molar-refractivity contribution in [2.24, 2.45) is 5.73 Å². The van der Waals surface area contributed by atoms with Gasteiger partial charge in [0.25, 0.3) is 0 Å². The van der Waals surface area contributed by atoms with Crippen LogP contribution in [-0.2, 0) is 0 Å². The number of pyridine rings is 1. The monoisotopic (exact) mass is 408 g/mol. The van der Waals surface area contributed by atoms with Crippen molar-refractivity contribution in [1.29, 1.82) is 5.26 Å². The molecule has 6 heteroatoms. The largest absolute Gasteiger partial charge is 0.355 e. The molecule has 0 atom stereocenters. The van der Waals surface area contributed by atoms with Crippen molar-refractivity contribution >= 4 is 16.7 Å². The fourth-order valence-corrected chi connectivity index (χ4v) is 4.19. The smallest absolute Gasteiger partial charge is 0.157 e. The van der Waals surface area contributed by atoms with E-state index in [0.29, 0.717) is 5.56 Å². The summed E-state index contributed by atoms with van der Waals surface area (Å²) in [6.45, 7) is 3.85. The minimum Gasteiger partial charge on any atom is -0.355 e. The molecule has 0 saturated carbocycles. The van der Waals surface area contributed by atoms with E-state index in [4.69, 9.17) is 15.8 Å². The van der Waals surface area contributed by atoms with Crippen LogP contribution in [0.1, 0.15) is 24.0 Å². The molecule has 31 heavy (non-hydrogen) atoms. The Morgan fingerprint density at radius 1 is 1.00 bits per heavy atom. The Morgan fingerprint density at radius 3 is 2.39 bits per heavy atom. The number of nitrogens with two attached hydrogens (primary N) is 1. The van der Waals surface area contributed by atoms with Crippen LogP contribution >= 0.6 is 0 Å². The molecule has 2 aromatic carbocycles. The summed E-state index contributed by atoms with van der Waals surface area (Å²) in [7, 11) is 0. The van der Waals surface area contributed by atoms with E-state index in [9.17, 15) is 5.26 Å². The fourth-order valence-electron chi connectivity index (χ4n) is 4.19. The molecular weight excluding hydrogens is 384 g/mol. The number of nitrogens with zero attached hydrogens (tertiary/aromatic N) is 5. The van der Waals surface area contributed by atoms with Crippen LogP contribution in [0.3, 0.4) is 0 Å². The predicted molar refractivity (Wildman–Crippen MR) is 123 cm³/mol.